The number of hydrogen-bond donors (Lipinski definition) is 0. The van der Waals surface area contributed by atoms with E-state index in [0.717, 1.165) is 5.69 Å². The molecule has 0 saturated carbocycles. The maximum Gasteiger partial charge on any atom is 0.309 e. The van der Waals surface area contributed by atoms with E-state index in [1.807, 2.05) is 0 Å². The summed E-state index contributed by atoms with van der Waals surface area (Å²) < 4.78 is 23.6. The lowest BCUT2D eigenvalue weighted by Gasteiger charge is -2.36. The minimum atomic E-state index is -0.515. The van der Waals surface area contributed by atoms with Gasteiger partial charge in [0.05, 0.1) is 13.0 Å². The highest BCUT2D eigenvalue weighted by Gasteiger charge is 2.22. The predicted molar refractivity (Wildman–Crippen MR) is 113 cm³/mol. The summed E-state index contributed by atoms with van der Waals surface area (Å²) in [6, 6.07) is 12.9. The number of Topliss-reactive ketones (excluding diaryl/α,β-unsaturated/α-hetero) is 1. The average Bonchev–Trinajstić information content (AvgIpc) is 2.78. The van der Waals surface area contributed by atoms with Crippen molar-refractivity contribution in [3.8, 4) is 5.75 Å². The van der Waals surface area contributed by atoms with Gasteiger partial charge in [0.2, 0.25) is 0 Å². The summed E-state index contributed by atoms with van der Waals surface area (Å²) in [7, 11) is 0. The van der Waals surface area contributed by atoms with Crippen LogP contribution in [0.15, 0.2) is 48.5 Å². The van der Waals surface area contributed by atoms with Crippen molar-refractivity contribution >= 4 is 23.3 Å². The molecule has 1 aliphatic heterocycles. The number of carbonyl (C=O) groups excluding carboxylic acids is 3. The smallest absolute Gasteiger partial charge is 0.309 e. The van der Waals surface area contributed by atoms with Crippen LogP contribution >= 0.6 is 0 Å². The van der Waals surface area contributed by atoms with E-state index in [2.05, 4.69) is 4.90 Å². The van der Waals surface area contributed by atoms with Crippen LogP contribution in [0.4, 0.5) is 10.1 Å². The topological polar surface area (TPSA) is 76.2 Å². The molecule has 1 saturated heterocycles. The summed E-state index contributed by atoms with van der Waals surface area (Å²) in [5.41, 5.74) is 1.50. The summed E-state index contributed by atoms with van der Waals surface area (Å²) >= 11 is 0. The van der Waals surface area contributed by atoms with Gasteiger partial charge >= 0.3 is 5.97 Å². The van der Waals surface area contributed by atoms with Crippen molar-refractivity contribution in [1.82, 2.24) is 4.90 Å². The summed E-state index contributed by atoms with van der Waals surface area (Å²) in [5.74, 6) is -0.522. The number of benzene rings is 2. The second-order valence-corrected chi connectivity index (χ2v) is 7.18. The van der Waals surface area contributed by atoms with Crippen molar-refractivity contribution in [2.45, 2.75) is 13.3 Å². The average molecular weight is 428 g/mol. The number of halogens is 1. The fourth-order valence-electron chi connectivity index (χ4n) is 3.21. The molecule has 3 rings (SSSR count). The Bertz CT molecular complexity index is 907. The van der Waals surface area contributed by atoms with Gasteiger partial charge in [-0.25, -0.2) is 4.39 Å². The van der Waals surface area contributed by atoms with E-state index in [-0.39, 0.29) is 37.1 Å². The Kier molecular flexibility index (Phi) is 7.59. The van der Waals surface area contributed by atoms with Crippen LogP contribution in [0.1, 0.15) is 23.7 Å². The number of nitrogens with zero attached hydrogens (tertiary/aromatic N) is 2. The van der Waals surface area contributed by atoms with Crippen molar-refractivity contribution in [1.29, 1.82) is 0 Å². The SMILES string of the molecule is CC(=O)c1ccc(OCCC(=O)OCC(=O)N2CCN(c3ccc(F)cc3)CC2)cc1. The van der Waals surface area contributed by atoms with Gasteiger partial charge < -0.3 is 19.3 Å². The lowest BCUT2D eigenvalue weighted by atomic mass is 10.1. The quantitative estimate of drug-likeness (QED) is 0.475. The Balaban J connectivity index is 1.33. The van der Waals surface area contributed by atoms with E-state index in [1.54, 1.807) is 41.3 Å². The zero-order chi connectivity index (χ0) is 22.2. The maximum absolute atomic E-state index is 13.0. The summed E-state index contributed by atoms with van der Waals surface area (Å²) in [5, 5.41) is 0. The number of hydrogen-bond acceptors (Lipinski definition) is 6. The first-order chi connectivity index (χ1) is 14.9. The van der Waals surface area contributed by atoms with Crippen molar-refractivity contribution in [3.05, 3.63) is 59.9 Å². The van der Waals surface area contributed by atoms with Gasteiger partial charge in [-0.15, -0.1) is 0 Å². The molecule has 2 aromatic rings. The van der Waals surface area contributed by atoms with Crippen LogP contribution in [0.2, 0.25) is 0 Å². The molecule has 0 N–H and O–H groups in total. The van der Waals surface area contributed by atoms with E-state index in [0.29, 0.717) is 37.5 Å². The molecule has 1 fully saturated rings. The Morgan fingerprint density at radius 3 is 2.19 bits per heavy atom. The number of ketones is 1. The van der Waals surface area contributed by atoms with Crippen LogP contribution in [-0.2, 0) is 14.3 Å². The molecule has 31 heavy (non-hydrogen) atoms. The van der Waals surface area contributed by atoms with Crippen LogP contribution in [0.25, 0.3) is 0 Å². The lowest BCUT2D eigenvalue weighted by molar-refractivity contribution is -0.152. The first kappa shape index (κ1) is 22.3. The van der Waals surface area contributed by atoms with Gasteiger partial charge in [0.15, 0.2) is 12.4 Å². The largest absolute Gasteiger partial charge is 0.493 e. The maximum atomic E-state index is 13.0. The number of rotatable bonds is 8. The highest BCUT2D eigenvalue weighted by molar-refractivity contribution is 5.94. The Labute approximate surface area is 180 Å². The highest BCUT2D eigenvalue weighted by atomic mass is 19.1. The number of anilines is 1. The van der Waals surface area contributed by atoms with Gasteiger partial charge in [0.1, 0.15) is 11.6 Å². The molecule has 0 radical (unpaired) electrons. The van der Waals surface area contributed by atoms with Crippen molar-refractivity contribution in [2.75, 3.05) is 44.3 Å². The van der Waals surface area contributed by atoms with Crippen LogP contribution in [-0.4, -0.2) is 62.0 Å². The summed E-state index contributed by atoms with van der Waals surface area (Å²) in [6.07, 6.45) is 0.0140. The Morgan fingerprint density at radius 1 is 0.935 bits per heavy atom. The molecule has 2 aromatic carbocycles. The molecular weight excluding hydrogens is 403 g/mol. The summed E-state index contributed by atoms with van der Waals surface area (Å²) in [6.45, 7) is 3.56. The van der Waals surface area contributed by atoms with Gasteiger partial charge in [-0.3, -0.25) is 14.4 Å². The Hall–Kier alpha value is -3.42. The Morgan fingerprint density at radius 2 is 1.58 bits per heavy atom. The van der Waals surface area contributed by atoms with Gasteiger partial charge in [-0.05, 0) is 55.5 Å². The first-order valence-electron chi connectivity index (χ1n) is 10.1. The monoisotopic (exact) mass is 428 g/mol. The zero-order valence-electron chi connectivity index (χ0n) is 17.4. The van der Waals surface area contributed by atoms with E-state index >= 15 is 0 Å². The lowest BCUT2D eigenvalue weighted by Crippen LogP contribution is -2.49. The molecule has 1 aliphatic rings. The third-order valence-electron chi connectivity index (χ3n) is 5.02. The zero-order valence-corrected chi connectivity index (χ0v) is 17.4. The van der Waals surface area contributed by atoms with Gasteiger partial charge in [-0.1, -0.05) is 0 Å². The van der Waals surface area contributed by atoms with E-state index in [4.69, 9.17) is 9.47 Å². The molecule has 0 unspecified atom stereocenters. The minimum absolute atomic E-state index is 0.0140. The molecule has 0 bridgehead atoms. The third-order valence-corrected chi connectivity index (χ3v) is 5.02. The van der Waals surface area contributed by atoms with E-state index in [9.17, 15) is 18.8 Å². The second-order valence-electron chi connectivity index (χ2n) is 7.18. The molecule has 1 amide bonds. The molecule has 1 heterocycles. The van der Waals surface area contributed by atoms with E-state index < -0.39 is 5.97 Å². The second kappa shape index (κ2) is 10.6. The normalized spacial score (nSPS) is 13.6. The molecule has 0 atom stereocenters. The summed E-state index contributed by atoms with van der Waals surface area (Å²) in [4.78, 5) is 39.1. The highest BCUT2D eigenvalue weighted by Crippen LogP contribution is 2.17. The van der Waals surface area contributed by atoms with Crippen LogP contribution in [0.5, 0.6) is 5.75 Å². The van der Waals surface area contributed by atoms with Gasteiger partial charge in [0.25, 0.3) is 5.91 Å². The molecule has 164 valence electrons. The van der Waals surface area contributed by atoms with Crippen LogP contribution in [0, 0.1) is 5.82 Å². The van der Waals surface area contributed by atoms with Gasteiger partial charge in [-0.2, -0.15) is 0 Å². The number of amides is 1. The van der Waals surface area contributed by atoms with E-state index in [1.165, 1.54) is 19.1 Å². The van der Waals surface area contributed by atoms with Gasteiger partial charge in [0, 0.05) is 37.4 Å². The molecule has 8 heteroatoms. The number of piperazine rings is 1. The third kappa shape index (κ3) is 6.53. The molecular formula is C23H25FN2O5. The molecule has 0 aromatic heterocycles. The molecule has 0 spiro atoms. The predicted octanol–water partition coefficient (Wildman–Crippen LogP) is 2.69. The first-order valence-corrected chi connectivity index (χ1v) is 10.1. The van der Waals surface area contributed by atoms with Crippen molar-refractivity contribution in [3.63, 3.8) is 0 Å². The van der Waals surface area contributed by atoms with Crippen molar-refractivity contribution < 1.29 is 28.2 Å². The number of ether oxygens (including phenoxy) is 2. The molecule has 0 aliphatic carbocycles. The van der Waals surface area contributed by atoms with Crippen LogP contribution in [0.3, 0.4) is 0 Å². The molecule has 7 nitrogen and oxygen atoms in total. The fraction of sp³-hybridized carbons (Fsp3) is 0.348. The fourth-order valence-corrected chi connectivity index (χ4v) is 3.21. The standard InChI is InChI=1S/C23H25FN2O5/c1-17(27)18-2-8-21(9-3-18)30-15-10-23(29)31-16-22(28)26-13-11-25(12-14-26)20-6-4-19(24)5-7-20/h2-9H,10-16H2,1H3. The number of carbonyl (C=O) groups is 3. The van der Waals surface area contributed by atoms with Crippen molar-refractivity contribution in [2.24, 2.45) is 0 Å². The minimum Gasteiger partial charge on any atom is -0.493 e. The van der Waals surface area contributed by atoms with Crippen LogP contribution < -0.4 is 9.64 Å². The number of esters is 1.